The van der Waals surface area contributed by atoms with Crippen LogP contribution in [0.5, 0.6) is 0 Å². The minimum absolute atomic E-state index is 0.0365. The topological polar surface area (TPSA) is 79.0 Å². The SMILES string of the molecule is CCS(=O)(=O)N[C@@H](C=O)Cc1c[nH]c2ccccc12. The lowest BCUT2D eigenvalue weighted by Crippen LogP contribution is -2.38. The number of sulfonamides is 1. The molecule has 0 aliphatic heterocycles. The maximum atomic E-state index is 11.5. The van der Waals surface area contributed by atoms with Gasteiger partial charge in [-0.3, -0.25) is 0 Å². The van der Waals surface area contributed by atoms with Crippen molar-refractivity contribution in [3.05, 3.63) is 36.0 Å². The molecule has 2 aromatic rings. The predicted octanol–water partition coefficient (Wildman–Crippen LogP) is 1.22. The van der Waals surface area contributed by atoms with Gasteiger partial charge in [-0.25, -0.2) is 13.1 Å². The molecule has 2 N–H and O–H groups in total. The number of hydrogen-bond donors (Lipinski definition) is 2. The van der Waals surface area contributed by atoms with Crippen LogP contribution in [-0.2, 0) is 21.2 Å². The van der Waals surface area contributed by atoms with Gasteiger partial charge in [-0.1, -0.05) is 18.2 Å². The van der Waals surface area contributed by atoms with Gasteiger partial charge in [0.2, 0.25) is 10.0 Å². The molecule has 0 saturated carbocycles. The molecule has 102 valence electrons. The molecule has 1 heterocycles. The molecule has 19 heavy (non-hydrogen) atoms. The highest BCUT2D eigenvalue weighted by Gasteiger charge is 2.17. The van der Waals surface area contributed by atoms with Gasteiger partial charge >= 0.3 is 0 Å². The number of H-pyrrole nitrogens is 1. The molecule has 6 heteroatoms. The van der Waals surface area contributed by atoms with Gasteiger partial charge in [-0.05, 0) is 25.0 Å². The second-order valence-electron chi connectivity index (χ2n) is 4.33. The molecule has 1 aromatic heterocycles. The van der Waals surface area contributed by atoms with Gasteiger partial charge in [0, 0.05) is 17.1 Å². The fourth-order valence-corrected chi connectivity index (χ4v) is 2.74. The van der Waals surface area contributed by atoms with Crippen LogP contribution < -0.4 is 4.72 Å². The van der Waals surface area contributed by atoms with Gasteiger partial charge in [0.1, 0.15) is 6.29 Å². The lowest BCUT2D eigenvalue weighted by atomic mass is 10.1. The Hall–Kier alpha value is -1.66. The van der Waals surface area contributed by atoms with E-state index in [0.717, 1.165) is 16.5 Å². The van der Waals surface area contributed by atoms with E-state index in [-0.39, 0.29) is 5.75 Å². The van der Waals surface area contributed by atoms with E-state index < -0.39 is 16.1 Å². The number of para-hydroxylation sites is 1. The Morgan fingerprint density at radius 2 is 2.11 bits per heavy atom. The first-order valence-electron chi connectivity index (χ1n) is 6.06. The first kappa shape index (κ1) is 13.8. The summed E-state index contributed by atoms with van der Waals surface area (Å²) in [6, 6.07) is 6.97. The van der Waals surface area contributed by atoms with Crippen molar-refractivity contribution in [1.82, 2.24) is 9.71 Å². The Morgan fingerprint density at radius 3 is 2.79 bits per heavy atom. The lowest BCUT2D eigenvalue weighted by Gasteiger charge is -2.11. The number of benzene rings is 1. The van der Waals surface area contributed by atoms with Crippen molar-refractivity contribution in [3.8, 4) is 0 Å². The molecule has 2 rings (SSSR count). The van der Waals surface area contributed by atoms with Crippen LogP contribution in [-0.4, -0.2) is 31.5 Å². The Bertz CT molecular complexity index is 676. The van der Waals surface area contributed by atoms with Gasteiger partial charge in [0.15, 0.2) is 0 Å². The number of carbonyl (C=O) groups excluding carboxylic acids is 1. The molecule has 0 bridgehead atoms. The van der Waals surface area contributed by atoms with Gasteiger partial charge in [-0.15, -0.1) is 0 Å². The summed E-state index contributed by atoms with van der Waals surface area (Å²) in [7, 11) is -3.38. The summed E-state index contributed by atoms with van der Waals surface area (Å²) >= 11 is 0. The van der Waals surface area contributed by atoms with Crippen LogP contribution in [0, 0.1) is 0 Å². The summed E-state index contributed by atoms with van der Waals surface area (Å²) in [5.74, 6) is -0.0365. The van der Waals surface area contributed by atoms with Crippen molar-refractivity contribution in [3.63, 3.8) is 0 Å². The Labute approximate surface area is 112 Å². The van der Waals surface area contributed by atoms with Crippen LogP contribution in [0.4, 0.5) is 0 Å². The zero-order chi connectivity index (χ0) is 13.9. The smallest absolute Gasteiger partial charge is 0.211 e. The number of aldehydes is 1. The minimum atomic E-state index is -3.38. The van der Waals surface area contributed by atoms with Gasteiger partial charge in [0.25, 0.3) is 0 Å². The van der Waals surface area contributed by atoms with Crippen LogP contribution in [0.25, 0.3) is 10.9 Å². The van der Waals surface area contributed by atoms with Crippen molar-refractivity contribution in [2.75, 3.05) is 5.75 Å². The summed E-state index contributed by atoms with van der Waals surface area (Å²) in [6.45, 7) is 1.54. The summed E-state index contributed by atoms with van der Waals surface area (Å²) in [6.07, 6.45) is 2.78. The Balaban J connectivity index is 2.21. The van der Waals surface area contributed by atoms with Gasteiger partial charge in [-0.2, -0.15) is 0 Å². The zero-order valence-electron chi connectivity index (χ0n) is 10.6. The van der Waals surface area contributed by atoms with Crippen LogP contribution in [0.3, 0.4) is 0 Å². The van der Waals surface area contributed by atoms with E-state index in [1.54, 1.807) is 6.20 Å². The molecular formula is C13H16N2O3S. The molecular weight excluding hydrogens is 264 g/mol. The van der Waals surface area contributed by atoms with E-state index in [4.69, 9.17) is 0 Å². The predicted molar refractivity (Wildman–Crippen MR) is 74.5 cm³/mol. The highest BCUT2D eigenvalue weighted by Crippen LogP contribution is 2.18. The van der Waals surface area contributed by atoms with Gasteiger partial charge in [0.05, 0.1) is 11.8 Å². The number of hydrogen-bond acceptors (Lipinski definition) is 3. The largest absolute Gasteiger partial charge is 0.361 e. The van der Waals surface area contributed by atoms with Crippen molar-refractivity contribution < 1.29 is 13.2 Å². The molecule has 0 radical (unpaired) electrons. The van der Waals surface area contributed by atoms with E-state index in [9.17, 15) is 13.2 Å². The summed E-state index contributed by atoms with van der Waals surface area (Å²) in [5.41, 5.74) is 1.90. The Morgan fingerprint density at radius 1 is 1.37 bits per heavy atom. The molecule has 1 atom stereocenters. The average Bonchev–Trinajstić information content (AvgIpc) is 2.81. The molecule has 0 fully saturated rings. The van der Waals surface area contributed by atoms with Crippen LogP contribution in [0.2, 0.25) is 0 Å². The zero-order valence-corrected chi connectivity index (χ0v) is 11.4. The number of rotatable bonds is 6. The second-order valence-corrected chi connectivity index (χ2v) is 6.37. The third-order valence-electron chi connectivity index (χ3n) is 2.99. The Kier molecular flexibility index (Phi) is 4.01. The highest BCUT2D eigenvalue weighted by molar-refractivity contribution is 7.89. The fraction of sp³-hybridized carbons (Fsp3) is 0.308. The minimum Gasteiger partial charge on any atom is -0.361 e. The molecule has 0 amide bonds. The van der Waals surface area contributed by atoms with E-state index >= 15 is 0 Å². The fourth-order valence-electron chi connectivity index (χ4n) is 1.97. The summed E-state index contributed by atoms with van der Waals surface area (Å²) in [5, 5.41) is 1.00. The highest BCUT2D eigenvalue weighted by atomic mass is 32.2. The molecule has 0 saturated heterocycles. The van der Waals surface area contributed by atoms with E-state index in [1.807, 2.05) is 24.3 Å². The quantitative estimate of drug-likeness (QED) is 0.781. The van der Waals surface area contributed by atoms with Crippen molar-refractivity contribution in [2.24, 2.45) is 0 Å². The number of aromatic nitrogens is 1. The third kappa shape index (κ3) is 3.21. The monoisotopic (exact) mass is 280 g/mol. The van der Waals surface area contributed by atoms with Crippen molar-refractivity contribution in [1.29, 1.82) is 0 Å². The van der Waals surface area contributed by atoms with Crippen LogP contribution in [0.15, 0.2) is 30.5 Å². The van der Waals surface area contributed by atoms with Crippen molar-refractivity contribution >= 4 is 27.2 Å². The van der Waals surface area contributed by atoms with Gasteiger partial charge < -0.3 is 9.78 Å². The van der Waals surface area contributed by atoms with E-state index in [2.05, 4.69) is 9.71 Å². The number of aromatic amines is 1. The standard InChI is InChI=1S/C13H16N2O3S/c1-2-19(17,18)15-11(9-16)7-10-8-14-13-6-4-3-5-12(10)13/h3-6,8-9,11,14-15H,2,7H2,1H3/t11-/m1/s1. The van der Waals surface area contributed by atoms with E-state index in [0.29, 0.717) is 12.7 Å². The first-order chi connectivity index (χ1) is 9.05. The number of carbonyl (C=O) groups is 1. The normalized spacial score (nSPS) is 13.5. The molecule has 5 nitrogen and oxygen atoms in total. The van der Waals surface area contributed by atoms with E-state index in [1.165, 1.54) is 6.92 Å². The molecule has 1 aromatic carbocycles. The maximum absolute atomic E-state index is 11.5. The van der Waals surface area contributed by atoms with Crippen LogP contribution >= 0.6 is 0 Å². The first-order valence-corrected chi connectivity index (χ1v) is 7.71. The number of nitrogens with one attached hydrogen (secondary N) is 2. The summed E-state index contributed by atoms with van der Waals surface area (Å²) in [4.78, 5) is 14.1. The average molecular weight is 280 g/mol. The molecule has 0 spiro atoms. The molecule has 0 unspecified atom stereocenters. The second kappa shape index (κ2) is 5.54. The van der Waals surface area contributed by atoms with Crippen LogP contribution in [0.1, 0.15) is 12.5 Å². The third-order valence-corrected chi connectivity index (χ3v) is 4.41. The number of fused-ring (bicyclic) bond motifs is 1. The maximum Gasteiger partial charge on any atom is 0.211 e. The lowest BCUT2D eigenvalue weighted by molar-refractivity contribution is -0.109. The van der Waals surface area contributed by atoms with Crippen molar-refractivity contribution in [2.45, 2.75) is 19.4 Å². The summed E-state index contributed by atoms with van der Waals surface area (Å²) < 4.78 is 25.4. The molecule has 0 aliphatic carbocycles. The molecule has 0 aliphatic rings.